The van der Waals surface area contributed by atoms with Crippen molar-refractivity contribution in [3.05, 3.63) is 109 Å². The Balaban J connectivity index is 4.38. The van der Waals surface area contributed by atoms with Crippen molar-refractivity contribution in [3.63, 3.8) is 0 Å². The molecule has 0 saturated carbocycles. The summed E-state index contributed by atoms with van der Waals surface area (Å²) in [5.41, 5.74) is 0. The summed E-state index contributed by atoms with van der Waals surface area (Å²) in [5.74, 6) is -0.966. The minimum absolute atomic E-state index is 0.0976. The van der Waals surface area contributed by atoms with Crippen LogP contribution in [0.5, 0.6) is 0 Å². The van der Waals surface area contributed by atoms with Gasteiger partial charge in [0.2, 0.25) is 0 Å². The monoisotopic (exact) mass is 873 g/mol. The summed E-state index contributed by atoms with van der Waals surface area (Å²) in [4.78, 5) is 37.8. The molecule has 0 radical (unpaired) electrons. The zero-order valence-electron chi connectivity index (χ0n) is 40.5. The Morgan fingerprint density at radius 1 is 0.333 bits per heavy atom. The molecule has 0 aliphatic rings. The Hall–Kier alpha value is -3.93. The zero-order valence-corrected chi connectivity index (χ0v) is 40.5. The van der Waals surface area contributed by atoms with Gasteiger partial charge in [0, 0.05) is 19.3 Å². The van der Waals surface area contributed by atoms with Gasteiger partial charge in [-0.05, 0) is 103 Å². The topological polar surface area (TPSA) is 78.9 Å². The molecule has 0 aromatic carbocycles. The second kappa shape index (κ2) is 50.7. The summed E-state index contributed by atoms with van der Waals surface area (Å²) in [7, 11) is 0. The predicted molar refractivity (Wildman–Crippen MR) is 270 cm³/mol. The van der Waals surface area contributed by atoms with Gasteiger partial charge in [-0.25, -0.2) is 0 Å². The molecule has 63 heavy (non-hydrogen) atoms. The molecule has 0 fully saturated rings. The SMILES string of the molecule is CC/C=C\C/C=C\C/C=C\C/C=C\C/C=C\C/C=C\CCCCC(=O)OCC(COC(=O)CCCCCCCCC)OC(=O)CCCCCCCCC/C=C\C/C=C\C/C=C\CC. The van der Waals surface area contributed by atoms with Crippen molar-refractivity contribution in [2.75, 3.05) is 13.2 Å². The Morgan fingerprint density at radius 2 is 0.619 bits per heavy atom. The Kier molecular flexibility index (Phi) is 47.5. The van der Waals surface area contributed by atoms with Gasteiger partial charge in [0.05, 0.1) is 0 Å². The maximum Gasteiger partial charge on any atom is 0.306 e. The molecule has 0 aromatic rings. The molecule has 0 bridgehead atoms. The van der Waals surface area contributed by atoms with Crippen molar-refractivity contribution in [1.29, 1.82) is 0 Å². The van der Waals surface area contributed by atoms with E-state index in [1.807, 2.05) is 0 Å². The average molecular weight is 873 g/mol. The first kappa shape index (κ1) is 59.1. The van der Waals surface area contributed by atoms with Gasteiger partial charge in [-0.2, -0.15) is 0 Å². The maximum absolute atomic E-state index is 12.8. The minimum atomic E-state index is -0.800. The summed E-state index contributed by atoms with van der Waals surface area (Å²) in [6.07, 6.45) is 68.0. The first-order valence-electron chi connectivity index (χ1n) is 25.4. The number of hydrogen-bond acceptors (Lipinski definition) is 6. The van der Waals surface area contributed by atoms with E-state index in [0.717, 1.165) is 122 Å². The van der Waals surface area contributed by atoms with E-state index in [1.165, 1.54) is 51.4 Å². The van der Waals surface area contributed by atoms with E-state index < -0.39 is 6.10 Å². The van der Waals surface area contributed by atoms with Crippen molar-refractivity contribution in [2.24, 2.45) is 0 Å². The van der Waals surface area contributed by atoms with E-state index in [1.54, 1.807) is 0 Å². The third-order valence-corrected chi connectivity index (χ3v) is 10.3. The Morgan fingerprint density at radius 3 is 1.00 bits per heavy atom. The maximum atomic E-state index is 12.8. The number of unbranched alkanes of at least 4 members (excludes halogenated alkanes) is 15. The van der Waals surface area contributed by atoms with E-state index in [-0.39, 0.29) is 31.1 Å². The highest BCUT2D eigenvalue weighted by Crippen LogP contribution is 2.13. The van der Waals surface area contributed by atoms with Crippen LogP contribution >= 0.6 is 0 Å². The summed E-state index contributed by atoms with van der Waals surface area (Å²) in [6.45, 7) is 6.31. The molecule has 6 heteroatoms. The van der Waals surface area contributed by atoms with Crippen LogP contribution in [0.15, 0.2) is 109 Å². The molecule has 1 unspecified atom stereocenters. The van der Waals surface area contributed by atoms with Crippen LogP contribution in [-0.2, 0) is 28.6 Å². The van der Waals surface area contributed by atoms with Gasteiger partial charge < -0.3 is 14.2 Å². The van der Waals surface area contributed by atoms with Crippen molar-refractivity contribution >= 4 is 17.9 Å². The van der Waals surface area contributed by atoms with Crippen LogP contribution in [0.4, 0.5) is 0 Å². The number of esters is 3. The number of rotatable bonds is 44. The molecule has 0 aromatic heterocycles. The van der Waals surface area contributed by atoms with Crippen molar-refractivity contribution in [3.8, 4) is 0 Å². The van der Waals surface area contributed by atoms with Crippen LogP contribution in [0.3, 0.4) is 0 Å². The second-order valence-electron chi connectivity index (χ2n) is 16.3. The minimum Gasteiger partial charge on any atom is -0.462 e. The fraction of sp³-hybridized carbons (Fsp3) is 0.632. The van der Waals surface area contributed by atoms with Gasteiger partial charge in [0.25, 0.3) is 0 Å². The average Bonchev–Trinajstić information content (AvgIpc) is 3.28. The van der Waals surface area contributed by atoms with Crippen molar-refractivity contribution in [2.45, 2.75) is 219 Å². The van der Waals surface area contributed by atoms with Crippen LogP contribution in [0.25, 0.3) is 0 Å². The van der Waals surface area contributed by atoms with Crippen LogP contribution < -0.4 is 0 Å². The van der Waals surface area contributed by atoms with Gasteiger partial charge in [0.1, 0.15) is 13.2 Å². The third kappa shape index (κ3) is 49.0. The highest BCUT2D eigenvalue weighted by molar-refractivity contribution is 5.71. The third-order valence-electron chi connectivity index (χ3n) is 10.3. The van der Waals surface area contributed by atoms with E-state index in [0.29, 0.717) is 19.3 Å². The second-order valence-corrected chi connectivity index (χ2v) is 16.3. The summed E-state index contributed by atoms with van der Waals surface area (Å²) >= 11 is 0. The fourth-order valence-corrected chi connectivity index (χ4v) is 6.52. The molecule has 0 spiro atoms. The zero-order chi connectivity index (χ0) is 45.8. The van der Waals surface area contributed by atoms with E-state index >= 15 is 0 Å². The normalized spacial score (nSPS) is 13.0. The standard InChI is InChI=1S/C57H92O6/c1-4-7-10-13-16-18-20-22-24-26-27-28-29-31-32-34-36-38-41-44-47-50-56(59)62-53-54(52-61-55(58)49-46-43-40-15-12-9-6-3)63-57(60)51-48-45-42-39-37-35-33-30-25-23-21-19-17-14-11-8-5-2/h7-8,10-11,16-19,22-25,27-28,31-32,36,38,54H,4-6,9,12-15,20-21,26,29-30,33-35,37,39-53H2,1-3H3/b10-7-,11-8-,18-16-,19-17-,24-22-,25-23-,28-27-,32-31-,38-36-. The summed E-state index contributed by atoms with van der Waals surface area (Å²) in [6, 6.07) is 0. The molecule has 0 rings (SSSR count). The Bertz CT molecular complexity index is 1330. The summed E-state index contributed by atoms with van der Waals surface area (Å²) in [5, 5.41) is 0. The molecule has 0 N–H and O–H groups in total. The smallest absolute Gasteiger partial charge is 0.306 e. The first-order chi connectivity index (χ1) is 31.0. The fourth-order valence-electron chi connectivity index (χ4n) is 6.52. The lowest BCUT2D eigenvalue weighted by Gasteiger charge is -2.18. The van der Waals surface area contributed by atoms with Crippen LogP contribution in [0.1, 0.15) is 213 Å². The lowest BCUT2D eigenvalue weighted by atomic mass is 10.1. The largest absolute Gasteiger partial charge is 0.462 e. The lowest BCUT2D eigenvalue weighted by Crippen LogP contribution is -2.30. The first-order valence-corrected chi connectivity index (χ1v) is 25.4. The van der Waals surface area contributed by atoms with Crippen LogP contribution in [0, 0.1) is 0 Å². The molecule has 0 aliphatic carbocycles. The molecule has 0 heterocycles. The van der Waals surface area contributed by atoms with Crippen molar-refractivity contribution < 1.29 is 28.6 Å². The molecular weight excluding hydrogens is 781 g/mol. The number of ether oxygens (including phenoxy) is 3. The molecule has 1 atom stereocenters. The van der Waals surface area contributed by atoms with Gasteiger partial charge in [-0.1, -0.05) is 201 Å². The lowest BCUT2D eigenvalue weighted by molar-refractivity contribution is -0.167. The van der Waals surface area contributed by atoms with E-state index in [4.69, 9.17) is 14.2 Å². The van der Waals surface area contributed by atoms with Gasteiger partial charge >= 0.3 is 17.9 Å². The quantitative estimate of drug-likeness (QED) is 0.0263. The number of hydrogen-bond donors (Lipinski definition) is 0. The number of carbonyl (C=O) groups is 3. The molecule has 6 nitrogen and oxygen atoms in total. The highest BCUT2D eigenvalue weighted by atomic mass is 16.6. The Labute approximate surface area is 387 Å². The predicted octanol–water partition coefficient (Wildman–Crippen LogP) is 16.8. The molecule has 0 saturated heterocycles. The molecule has 0 amide bonds. The summed E-state index contributed by atoms with van der Waals surface area (Å²) < 4.78 is 16.7. The molecular formula is C57H92O6. The van der Waals surface area contributed by atoms with Crippen molar-refractivity contribution in [1.82, 2.24) is 0 Å². The van der Waals surface area contributed by atoms with Gasteiger partial charge in [-0.3, -0.25) is 14.4 Å². The van der Waals surface area contributed by atoms with Crippen LogP contribution in [0.2, 0.25) is 0 Å². The van der Waals surface area contributed by atoms with Gasteiger partial charge in [-0.15, -0.1) is 0 Å². The molecule has 356 valence electrons. The highest BCUT2D eigenvalue weighted by Gasteiger charge is 2.19. The van der Waals surface area contributed by atoms with Crippen LogP contribution in [-0.4, -0.2) is 37.2 Å². The van der Waals surface area contributed by atoms with E-state index in [9.17, 15) is 14.4 Å². The number of carbonyl (C=O) groups excluding carboxylic acids is 3. The molecule has 0 aliphatic heterocycles. The van der Waals surface area contributed by atoms with Gasteiger partial charge in [0.15, 0.2) is 6.10 Å². The van der Waals surface area contributed by atoms with E-state index in [2.05, 4.69) is 130 Å². The number of allylic oxidation sites excluding steroid dienone is 18.